The van der Waals surface area contributed by atoms with Crippen LogP contribution in [0.15, 0.2) is 40.9 Å². The molecule has 104 valence electrons. The molecule has 0 spiro atoms. The molecule has 2 aromatic carbocycles. The number of nitrogen functional groups attached to an aromatic ring is 1. The van der Waals surface area contributed by atoms with Crippen LogP contribution in [0.4, 0.5) is 5.69 Å². The highest BCUT2D eigenvalue weighted by Crippen LogP contribution is 2.20. The molecule has 20 heavy (non-hydrogen) atoms. The van der Waals surface area contributed by atoms with Gasteiger partial charge in [-0.2, -0.15) is 0 Å². The standard InChI is InChI=1S/C15H14BrIN2O/c1-9-10(3-2-4-14(9)18)8-19-15(20)12-7-11(17)5-6-13(12)16/h2-7H,8,18H2,1H3,(H,19,20). The van der Waals surface area contributed by atoms with E-state index in [1.54, 1.807) is 0 Å². The van der Waals surface area contributed by atoms with Gasteiger partial charge in [-0.15, -0.1) is 0 Å². The van der Waals surface area contributed by atoms with Gasteiger partial charge in [0.15, 0.2) is 0 Å². The summed E-state index contributed by atoms with van der Waals surface area (Å²) < 4.78 is 1.82. The van der Waals surface area contributed by atoms with Gasteiger partial charge in [0.05, 0.1) is 5.56 Å². The van der Waals surface area contributed by atoms with E-state index in [0.717, 1.165) is 24.9 Å². The number of nitrogens with two attached hydrogens (primary N) is 1. The number of amides is 1. The number of anilines is 1. The Bertz CT molecular complexity index is 658. The maximum Gasteiger partial charge on any atom is 0.252 e. The molecule has 0 aliphatic carbocycles. The molecule has 0 radical (unpaired) electrons. The first-order valence-corrected chi connectivity index (χ1v) is 7.93. The topological polar surface area (TPSA) is 55.1 Å². The third kappa shape index (κ3) is 3.52. The molecular formula is C15H14BrIN2O. The van der Waals surface area contributed by atoms with Crippen LogP contribution in [0.2, 0.25) is 0 Å². The van der Waals surface area contributed by atoms with Crippen molar-refractivity contribution < 1.29 is 4.79 Å². The predicted molar refractivity (Wildman–Crippen MR) is 93.6 cm³/mol. The second-order valence-electron chi connectivity index (χ2n) is 4.44. The van der Waals surface area contributed by atoms with Crippen molar-refractivity contribution in [3.8, 4) is 0 Å². The van der Waals surface area contributed by atoms with E-state index in [1.165, 1.54) is 0 Å². The Morgan fingerprint density at radius 3 is 2.85 bits per heavy atom. The van der Waals surface area contributed by atoms with Crippen molar-refractivity contribution in [3.05, 3.63) is 61.1 Å². The molecule has 0 aromatic heterocycles. The van der Waals surface area contributed by atoms with Crippen LogP contribution in [0, 0.1) is 10.5 Å². The fraction of sp³-hybridized carbons (Fsp3) is 0.133. The summed E-state index contributed by atoms with van der Waals surface area (Å²) in [5, 5.41) is 2.92. The zero-order chi connectivity index (χ0) is 14.7. The van der Waals surface area contributed by atoms with Crippen LogP contribution in [0.3, 0.4) is 0 Å². The summed E-state index contributed by atoms with van der Waals surface area (Å²) in [4.78, 5) is 12.2. The molecule has 0 unspecified atom stereocenters. The van der Waals surface area contributed by atoms with Gasteiger partial charge in [0.1, 0.15) is 0 Å². The smallest absolute Gasteiger partial charge is 0.252 e. The molecule has 0 saturated heterocycles. The fourth-order valence-corrected chi connectivity index (χ4v) is 2.75. The van der Waals surface area contributed by atoms with Gasteiger partial charge in [0.25, 0.3) is 5.91 Å². The number of benzene rings is 2. The lowest BCUT2D eigenvalue weighted by molar-refractivity contribution is 0.0950. The summed E-state index contributed by atoms with van der Waals surface area (Å²) in [5.74, 6) is -0.0998. The molecule has 0 aliphatic rings. The lowest BCUT2D eigenvalue weighted by atomic mass is 10.1. The van der Waals surface area contributed by atoms with Crippen molar-refractivity contribution in [1.82, 2.24) is 5.32 Å². The summed E-state index contributed by atoms with van der Waals surface area (Å²) in [7, 11) is 0. The highest BCUT2D eigenvalue weighted by Gasteiger charge is 2.11. The first-order chi connectivity index (χ1) is 9.49. The molecular weight excluding hydrogens is 431 g/mol. The number of rotatable bonds is 3. The van der Waals surface area contributed by atoms with Crippen LogP contribution in [0.1, 0.15) is 21.5 Å². The maximum atomic E-state index is 12.2. The average molecular weight is 445 g/mol. The van der Waals surface area contributed by atoms with Crippen LogP contribution in [0.5, 0.6) is 0 Å². The van der Waals surface area contributed by atoms with Crippen LogP contribution in [-0.2, 0) is 6.54 Å². The largest absolute Gasteiger partial charge is 0.399 e. The van der Waals surface area contributed by atoms with Crippen molar-refractivity contribution in [1.29, 1.82) is 0 Å². The first kappa shape index (κ1) is 15.3. The molecule has 0 heterocycles. The van der Waals surface area contributed by atoms with Gasteiger partial charge in [0, 0.05) is 20.3 Å². The van der Waals surface area contributed by atoms with E-state index < -0.39 is 0 Å². The second-order valence-corrected chi connectivity index (χ2v) is 6.54. The molecule has 5 heteroatoms. The van der Waals surface area contributed by atoms with E-state index >= 15 is 0 Å². The summed E-state index contributed by atoms with van der Waals surface area (Å²) in [6, 6.07) is 11.4. The minimum atomic E-state index is -0.0998. The Morgan fingerprint density at radius 1 is 1.35 bits per heavy atom. The molecule has 1 amide bonds. The predicted octanol–water partition coefficient (Wildman–Crippen LogP) is 3.87. The highest BCUT2D eigenvalue weighted by atomic mass is 127. The molecule has 3 nitrogen and oxygen atoms in total. The Hall–Kier alpha value is -1.08. The quantitative estimate of drug-likeness (QED) is 0.557. The van der Waals surface area contributed by atoms with Gasteiger partial charge in [0.2, 0.25) is 0 Å². The number of halogens is 2. The average Bonchev–Trinajstić information content (AvgIpc) is 2.43. The van der Waals surface area contributed by atoms with E-state index in [0.29, 0.717) is 12.1 Å². The Kier molecular flexibility index (Phi) is 5.04. The molecule has 0 bridgehead atoms. The maximum absolute atomic E-state index is 12.2. The monoisotopic (exact) mass is 444 g/mol. The zero-order valence-corrected chi connectivity index (χ0v) is 14.7. The summed E-state index contributed by atoms with van der Waals surface area (Å²) in [6.45, 7) is 2.42. The highest BCUT2D eigenvalue weighted by molar-refractivity contribution is 14.1. The number of hydrogen-bond donors (Lipinski definition) is 2. The molecule has 3 N–H and O–H groups in total. The molecule has 2 rings (SSSR count). The Balaban J connectivity index is 2.13. The minimum absolute atomic E-state index is 0.0998. The van der Waals surface area contributed by atoms with E-state index in [2.05, 4.69) is 43.8 Å². The van der Waals surface area contributed by atoms with Crippen LogP contribution < -0.4 is 11.1 Å². The van der Waals surface area contributed by atoms with E-state index in [-0.39, 0.29) is 5.91 Å². The number of hydrogen-bond acceptors (Lipinski definition) is 2. The SMILES string of the molecule is Cc1c(N)cccc1CNC(=O)c1cc(I)ccc1Br. The summed E-state index contributed by atoms with van der Waals surface area (Å²) >= 11 is 5.59. The molecule has 0 atom stereocenters. The third-order valence-corrected chi connectivity index (χ3v) is 4.46. The van der Waals surface area contributed by atoms with Crippen molar-refractivity contribution in [2.45, 2.75) is 13.5 Å². The lowest BCUT2D eigenvalue weighted by Gasteiger charge is -2.11. The Morgan fingerprint density at radius 2 is 2.10 bits per heavy atom. The van der Waals surface area contributed by atoms with Crippen molar-refractivity contribution >= 4 is 50.1 Å². The lowest BCUT2D eigenvalue weighted by Crippen LogP contribution is -2.23. The van der Waals surface area contributed by atoms with E-state index in [9.17, 15) is 4.79 Å². The van der Waals surface area contributed by atoms with Gasteiger partial charge in [-0.25, -0.2) is 0 Å². The number of carbonyl (C=O) groups excluding carboxylic acids is 1. The van der Waals surface area contributed by atoms with Crippen LogP contribution in [0.25, 0.3) is 0 Å². The summed E-state index contributed by atoms with van der Waals surface area (Å²) in [6.07, 6.45) is 0. The van der Waals surface area contributed by atoms with Gasteiger partial charge in [-0.3, -0.25) is 4.79 Å². The Labute approximate surface area is 140 Å². The molecule has 0 aliphatic heterocycles. The van der Waals surface area contributed by atoms with Crippen LogP contribution >= 0.6 is 38.5 Å². The second kappa shape index (κ2) is 6.58. The number of nitrogens with one attached hydrogen (secondary N) is 1. The van der Waals surface area contributed by atoms with Crippen LogP contribution in [-0.4, -0.2) is 5.91 Å². The summed E-state index contributed by atoms with van der Waals surface area (Å²) in [5.41, 5.74) is 9.28. The first-order valence-electron chi connectivity index (χ1n) is 6.06. The van der Waals surface area contributed by atoms with Crippen molar-refractivity contribution in [2.75, 3.05) is 5.73 Å². The molecule has 2 aromatic rings. The van der Waals surface area contributed by atoms with Gasteiger partial charge >= 0.3 is 0 Å². The normalized spacial score (nSPS) is 10.3. The minimum Gasteiger partial charge on any atom is -0.399 e. The number of carbonyl (C=O) groups is 1. The van der Waals surface area contributed by atoms with Gasteiger partial charge in [-0.05, 0) is 80.8 Å². The van der Waals surface area contributed by atoms with E-state index in [4.69, 9.17) is 5.73 Å². The van der Waals surface area contributed by atoms with E-state index in [1.807, 2.05) is 43.3 Å². The zero-order valence-electron chi connectivity index (χ0n) is 10.9. The van der Waals surface area contributed by atoms with Gasteiger partial charge in [-0.1, -0.05) is 12.1 Å². The fourth-order valence-electron chi connectivity index (χ4n) is 1.84. The molecule has 0 saturated carbocycles. The van der Waals surface area contributed by atoms with Gasteiger partial charge < -0.3 is 11.1 Å². The molecule has 0 fully saturated rings. The van der Waals surface area contributed by atoms with Crippen molar-refractivity contribution in [2.24, 2.45) is 0 Å². The third-order valence-electron chi connectivity index (χ3n) is 3.10. The van der Waals surface area contributed by atoms with Crippen molar-refractivity contribution in [3.63, 3.8) is 0 Å².